The third kappa shape index (κ3) is 3.83. The van der Waals surface area contributed by atoms with Crippen LogP contribution in [0.2, 0.25) is 0 Å². The highest BCUT2D eigenvalue weighted by molar-refractivity contribution is 7.17. The highest BCUT2D eigenvalue weighted by Crippen LogP contribution is 2.29. The Hall–Kier alpha value is -2.75. The number of aromatic nitrogens is 2. The minimum atomic E-state index is -0.474. The van der Waals surface area contributed by atoms with Crippen LogP contribution >= 0.6 is 11.3 Å². The van der Waals surface area contributed by atoms with Gasteiger partial charge in [-0.05, 0) is 48.6 Å². The lowest BCUT2D eigenvalue weighted by molar-refractivity contribution is 0.122. The molecule has 0 aliphatic carbocycles. The quantitative estimate of drug-likeness (QED) is 0.636. The molecule has 2 aromatic heterocycles. The lowest BCUT2D eigenvalue weighted by Gasteiger charge is -2.32. The van der Waals surface area contributed by atoms with Crippen molar-refractivity contribution < 1.29 is 14.3 Å². The monoisotopic (exact) mass is 424 g/mol. The Morgan fingerprint density at radius 3 is 2.70 bits per heavy atom. The predicted molar refractivity (Wildman–Crippen MR) is 116 cm³/mol. The van der Waals surface area contributed by atoms with Gasteiger partial charge in [0.25, 0.3) is 0 Å². The van der Waals surface area contributed by atoms with Gasteiger partial charge in [-0.3, -0.25) is 0 Å². The molecule has 1 radical (unpaired) electrons. The average Bonchev–Trinajstić information content (AvgIpc) is 3.48. The van der Waals surface area contributed by atoms with Gasteiger partial charge in [0.05, 0.1) is 24.4 Å². The summed E-state index contributed by atoms with van der Waals surface area (Å²) in [6.45, 7) is 4.67. The number of ether oxygens (including phenoxy) is 2. The Kier molecular flexibility index (Phi) is 5.48. The van der Waals surface area contributed by atoms with Crippen LogP contribution in [0.4, 0.5) is 16.2 Å². The van der Waals surface area contributed by atoms with E-state index >= 15 is 0 Å². The van der Waals surface area contributed by atoms with Gasteiger partial charge in [-0.15, -0.1) is 11.3 Å². The van der Waals surface area contributed by atoms with Crippen LogP contribution in [-0.4, -0.2) is 60.5 Å². The van der Waals surface area contributed by atoms with Gasteiger partial charge in [-0.1, -0.05) is 0 Å². The van der Waals surface area contributed by atoms with E-state index in [4.69, 9.17) is 9.47 Å². The summed E-state index contributed by atoms with van der Waals surface area (Å²) in [5.74, 6) is 0.290. The molecule has 0 bridgehead atoms. The summed E-state index contributed by atoms with van der Waals surface area (Å²) in [6, 6.07) is 9.90. The first-order chi connectivity index (χ1) is 14.8. The van der Waals surface area contributed by atoms with Crippen molar-refractivity contribution in [3.63, 3.8) is 0 Å². The molecule has 2 aliphatic heterocycles. The van der Waals surface area contributed by atoms with Crippen molar-refractivity contribution in [1.29, 1.82) is 0 Å². The van der Waals surface area contributed by atoms with Crippen LogP contribution in [0.25, 0.3) is 10.2 Å². The molecule has 155 valence electrons. The fraction of sp³-hybridized carbons (Fsp3) is 0.333. The van der Waals surface area contributed by atoms with E-state index < -0.39 is 6.09 Å². The van der Waals surface area contributed by atoms with Crippen molar-refractivity contribution in [2.75, 3.05) is 49.3 Å². The number of benzene rings is 1. The zero-order chi connectivity index (χ0) is 20.3. The maximum atomic E-state index is 13.2. The SMILES string of the molecule is O=C(Oc1ncnc2ccsc12)N(c1ccc(N2CCOCC2)cc1)N1C[CH]CC1. The van der Waals surface area contributed by atoms with Crippen LogP contribution in [0.3, 0.4) is 0 Å². The minimum absolute atomic E-state index is 0.290. The molecular weight excluding hydrogens is 402 g/mol. The first-order valence-electron chi connectivity index (χ1n) is 9.99. The van der Waals surface area contributed by atoms with Crippen LogP contribution in [0.5, 0.6) is 5.88 Å². The third-order valence-corrected chi connectivity index (χ3v) is 6.14. The summed E-state index contributed by atoms with van der Waals surface area (Å²) in [5.41, 5.74) is 2.66. The maximum absolute atomic E-state index is 13.2. The van der Waals surface area contributed by atoms with Crippen molar-refractivity contribution in [3.05, 3.63) is 48.5 Å². The lowest BCUT2D eigenvalue weighted by atomic mass is 10.2. The summed E-state index contributed by atoms with van der Waals surface area (Å²) in [4.78, 5) is 23.9. The number of hydrogen-bond acceptors (Lipinski definition) is 8. The second kappa shape index (κ2) is 8.55. The van der Waals surface area contributed by atoms with Crippen LogP contribution in [0.15, 0.2) is 42.0 Å². The molecule has 8 nitrogen and oxygen atoms in total. The Morgan fingerprint density at radius 2 is 1.93 bits per heavy atom. The fourth-order valence-corrected chi connectivity index (χ4v) is 4.50. The van der Waals surface area contributed by atoms with Crippen molar-refractivity contribution in [2.24, 2.45) is 0 Å². The molecule has 0 unspecified atom stereocenters. The molecule has 0 atom stereocenters. The van der Waals surface area contributed by atoms with E-state index in [1.807, 2.05) is 40.7 Å². The van der Waals surface area contributed by atoms with Gasteiger partial charge in [-0.25, -0.2) is 24.8 Å². The molecule has 3 aromatic rings. The smallest absolute Gasteiger partial charge is 0.388 e. The van der Waals surface area contributed by atoms with Crippen molar-refractivity contribution in [1.82, 2.24) is 15.0 Å². The molecular formula is C21H22N5O3S. The normalized spacial score (nSPS) is 17.4. The first-order valence-corrected chi connectivity index (χ1v) is 10.9. The molecule has 4 heterocycles. The number of hydrazine groups is 1. The molecule has 2 saturated heterocycles. The highest BCUT2D eigenvalue weighted by Gasteiger charge is 2.29. The molecule has 2 fully saturated rings. The largest absolute Gasteiger partial charge is 0.436 e. The van der Waals surface area contributed by atoms with Crippen molar-refractivity contribution in [3.8, 4) is 5.88 Å². The van der Waals surface area contributed by atoms with Gasteiger partial charge in [-0.2, -0.15) is 0 Å². The molecule has 0 saturated carbocycles. The van der Waals surface area contributed by atoms with Gasteiger partial charge in [0.2, 0.25) is 5.88 Å². The molecule has 9 heteroatoms. The Balaban J connectivity index is 1.40. The topological polar surface area (TPSA) is 71.0 Å². The molecule has 2 aliphatic rings. The zero-order valence-electron chi connectivity index (χ0n) is 16.4. The highest BCUT2D eigenvalue weighted by atomic mass is 32.1. The summed E-state index contributed by atoms with van der Waals surface area (Å²) < 4.78 is 11.9. The number of carbonyl (C=O) groups is 1. The molecule has 5 rings (SSSR count). The van der Waals surface area contributed by atoms with E-state index in [0.29, 0.717) is 6.54 Å². The minimum Gasteiger partial charge on any atom is -0.388 e. The molecule has 0 spiro atoms. The molecule has 1 amide bonds. The molecule has 30 heavy (non-hydrogen) atoms. The Morgan fingerprint density at radius 1 is 1.10 bits per heavy atom. The van der Waals surface area contributed by atoms with Crippen molar-refractivity contribution in [2.45, 2.75) is 6.42 Å². The molecule has 0 N–H and O–H groups in total. The predicted octanol–water partition coefficient (Wildman–Crippen LogP) is 3.36. The van der Waals surface area contributed by atoms with E-state index in [1.165, 1.54) is 17.7 Å². The lowest BCUT2D eigenvalue weighted by Crippen LogP contribution is -2.46. The van der Waals surface area contributed by atoms with E-state index in [2.05, 4.69) is 21.3 Å². The van der Waals surface area contributed by atoms with Gasteiger partial charge in [0.15, 0.2) is 0 Å². The second-order valence-corrected chi connectivity index (χ2v) is 8.02. The third-order valence-electron chi connectivity index (χ3n) is 5.25. The van der Waals surface area contributed by atoms with E-state index in [-0.39, 0.29) is 5.88 Å². The Labute approximate surface area is 178 Å². The number of nitrogens with zero attached hydrogens (tertiary/aromatic N) is 5. The standard InChI is InChI=1S/C21H22N5O3S/c27-21(29-20-19-18(7-14-30-19)22-15-23-20)26(25-8-1-2-9-25)17-5-3-16(4-6-17)24-10-12-28-13-11-24/h1,3-7,14-15H,2,8-13H2. The summed E-state index contributed by atoms with van der Waals surface area (Å²) in [7, 11) is 0. The van der Waals surface area contributed by atoms with Crippen LogP contribution < -0.4 is 14.6 Å². The maximum Gasteiger partial charge on any atom is 0.436 e. The van der Waals surface area contributed by atoms with Gasteiger partial charge < -0.3 is 14.4 Å². The van der Waals surface area contributed by atoms with E-state index in [0.717, 1.165) is 60.9 Å². The van der Waals surface area contributed by atoms with Gasteiger partial charge in [0.1, 0.15) is 11.0 Å². The van der Waals surface area contributed by atoms with Gasteiger partial charge in [0, 0.05) is 31.9 Å². The number of hydrogen-bond donors (Lipinski definition) is 0. The number of rotatable bonds is 4. The van der Waals surface area contributed by atoms with Crippen LogP contribution in [0.1, 0.15) is 6.42 Å². The average molecular weight is 425 g/mol. The number of anilines is 2. The summed E-state index contributed by atoms with van der Waals surface area (Å²) >= 11 is 1.46. The second-order valence-electron chi connectivity index (χ2n) is 7.10. The van der Waals surface area contributed by atoms with Gasteiger partial charge >= 0.3 is 6.09 Å². The zero-order valence-corrected chi connectivity index (χ0v) is 17.3. The van der Waals surface area contributed by atoms with E-state index in [1.54, 1.807) is 5.01 Å². The fourth-order valence-electron chi connectivity index (χ4n) is 3.73. The number of fused-ring (bicyclic) bond motifs is 1. The number of morpholine rings is 1. The van der Waals surface area contributed by atoms with Crippen molar-refractivity contribution >= 4 is 39.0 Å². The summed E-state index contributed by atoms with van der Waals surface area (Å²) in [5, 5.41) is 5.50. The van der Waals surface area contributed by atoms with Crippen LogP contribution in [0, 0.1) is 6.42 Å². The Bertz CT molecular complexity index is 1010. The number of carbonyl (C=O) groups excluding carboxylic acids is 1. The first kappa shape index (κ1) is 19.2. The number of amides is 1. The number of thiophene rings is 1. The summed E-state index contributed by atoms with van der Waals surface area (Å²) in [6.07, 6.45) is 4.03. The van der Waals surface area contributed by atoms with E-state index in [9.17, 15) is 4.79 Å². The molecule has 1 aromatic carbocycles. The van der Waals surface area contributed by atoms with Crippen LogP contribution in [-0.2, 0) is 4.74 Å².